The van der Waals surface area contributed by atoms with Gasteiger partial charge in [0.1, 0.15) is 11.5 Å². The van der Waals surface area contributed by atoms with Gasteiger partial charge in [-0.2, -0.15) is 0 Å². The Hall–Kier alpha value is -3.28. The van der Waals surface area contributed by atoms with Crippen molar-refractivity contribution in [3.63, 3.8) is 0 Å². The first kappa shape index (κ1) is 22.4. The second-order valence-corrected chi connectivity index (χ2v) is 7.58. The van der Waals surface area contributed by atoms with Gasteiger partial charge >= 0.3 is 6.36 Å². The Balaban J connectivity index is 1.67. The van der Waals surface area contributed by atoms with Crippen LogP contribution >= 0.6 is 0 Å². The third-order valence-electron chi connectivity index (χ3n) is 4.69. The number of para-hydroxylation sites is 1. The van der Waals surface area contributed by atoms with E-state index in [-0.39, 0.29) is 11.5 Å². The topological polar surface area (TPSA) is 18.5 Å². The summed E-state index contributed by atoms with van der Waals surface area (Å²) in [5, 5.41) is 0. The van der Waals surface area contributed by atoms with Gasteiger partial charge in [0.2, 0.25) is 0 Å². The minimum Gasteiger partial charge on any atom is -0.454 e. The molecule has 0 radical (unpaired) electrons. The molecule has 0 heterocycles. The zero-order valence-corrected chi connectivity index (χ0v) is 17.1. The molecule has 0 amide bonds. The van der Waals surface area contributed by atoms with Crippen molar-refractivity contribution < 1.29 is 27.0 Å². The molecule has 0 bridgehead atoms. The highest BCUT2D eigenvalue weighted by Gasteiger charge is 2.31. The van der Waals surface area contributed by atoms with Gasteiger partial charge in [0.05, 0.1) is 0 Å². The summed E-state index contributed by atoms with van der Waals surface area (Å²) in [5.41, 5.74) is 1.29. The monoisotopic (exact) mass is 430 g/mol. The van der Waals surface area contributed by atoms with Gasteiger partial charge < -0.3 is 9.47 Å². The predicted molar refractivity (Wildman–Crippen MR) is 112 cm³/mol. The highest BCUT2D eigenvalue weighted by atomic mass is 19.4. The second kappa shape index (κ2) is 9.25. The van der Waals surface area contributed by atoms with Crippen LogP contribution in [0.1, 0.15) is 25.0 Å². The first-order valence-corrected chi connectivity index (χ1v) is 9.68. The normalized spacial score (nSPS) is 12.2. The van der Waals surface area contributed by atoms with Crippen LogP contribution in [0.3, 0.4) is 0 Å². The van der Waals surface area contributed by atoms with Crippen LogP contribution in [0.15, 0.2) is 84.9 Å². The van der Waals surface area contributed by atoms with Crippen molar-refractivity contribution in [1.82, 2.24) is 0 Å². The van der Waals surface area contributed by atoms with Crippen molar-refractivity contribution in [2.45, 2.75) is 32.0 Å². The summed E-state index contributed by atoms with van der Waals surface area (Å²) < 4.78 is 60.6. The van der Waals surface area contributed by atoms with E-state index in [2.05, 4.69) is 4.74 Å². The molecule has 0 atom stereocenters. The van der Waals surface area contributed by atoms with Gasteiger partial charge in [-0.1, -0.05) is 62.4 Å². The molecule has 0 aliphatic rings. The summed E-state index contributed by atoms with van der Waals surface area (Å²) in [6, 6.07) is 19.5. The van der Waals surface area contributed by atoms with E-state index < -0.39 is 17.6 Å². The number of hydrogen-bond acceptors (Lipinski definition) is 2. The maximum absolute atomic E-state index is 14.1. The fraction of sp³-hybridized carbons (Fsp3) is 0.200. The highest BCUT2D eigenvalue weighted by Crippen LogP contribution is 2.30. The number of benzene rings is 3. The van der Waals surface area contributed by atoms with Gasteiger partial charge in [0.25, 0.3) is 0 Å². The van der Waals surface area contributed by atoms with Gasteiger partial charge in [-0.05, 0) is 53.9 Å². The average molecular weight is 430 g/mol. The summed E-state index contributed by atoms with van der Waals surface area (Å²) in [6.45, 7) is 3.91. The van der Waals surface area contributed by atoms with Crippen LogP contribution < -0.4 is 9.47 Å². The van der Waals surface area contributed by atoms with E-state index in [1.54, 1.807) is 36.4 Å². The number of alkyl halides is 3. The van der Waals surface area contributed by atoms with E-state index in [0.29, 0.717) is 12.2 Å². The van der Waals surface area contributed by atoms with Crippen LogP contribution in [-0.2, 0) is 11.8 Å². The molecule has 0 aliphatic carbocycles. The first-order chi connectivity index (χ1) is 14.6. The smallest absolute Gasteiger partial charge is 0.454 e. The second-order valence-electron chi connectivity index (χ2n) is 7.58. The van der Waals surface area contributed by atoms with Crippen molar-refractivity contribution in [3.05, 3.63) is 102 Å². The van der Waals surface area contributed by atoms with Crippen LogP contribution in [0, 0.1) is 5.82 Å². The molecule has 0 saturated carbocycles. The molecule has 3 aromatic carbocycles. The van der Waals surface area contributed by atoms with Crippen LogP contribution in [0.25, 0.3) is 0 Å². The Bertz CT molecular complexity index is 1020. The maximum Gasteiger partial charge on any atom is 0.573 e. The average Bonchev–Trinajstić information content (AvgIpc) is 2.70. The Labute approximate surface area is 178 Å². The van der Waals surface area contributed by atoms with Crippen LogP contribution in [0.4, 0.5) is 17.6 Å². The van der Waals surface area contributed by atoms with Gasteiger partial charge in [0, 0.05) is 5.41 Å². The largest absolute Gasteiger partial charge is 0.573 e. The van der Waals surface area contributed by atoms with Crippen molar-refractivity contribution in [2.24, 2.45) is 0 Å². The third kappa shape index (κ3) is 6.60. The van der Waals surface area contributed by atoms with Crippen molar-refractivity contribution in [1.29, 1.82) is 0 Å². The van der Waals surface area contributed by atoms with Crippen molar-refractivity contribution in [3.8, 4) is 17.2 Å². The lowest BCUT2D eigenvalue weighted by atomic mass is 9.84. The Morgan fingerprint density at radius 3 is 2.16 bits per heavy atom. The molecular formula is C25H22F4O2. The van der Waals surface area contributed by atoms with E-state index in [1.807, 2.05) is 44.2 Å². The van der Waals surface area contributed by atoms with Crippen LogP contribution in [0.5, 0.6) is 17.2 Å². The summed E-state index contributed by atoms with van der Waals surface area (Å²) >= 11 is 0. The van der Waals surface area contributed by atoms with Crippen LogP contribution in [0.2, 0.25) is 0 Å². The molecule has 0 spiro atoms. The lowest BCUT2D eigenvalue weighted by molar-refractivity contribution is -0.274. The predicted octanol–water partition coefficient (Wildman–Crippen LogP) is 7.59. The molecule has 0 fully saturated rings. The lowest BCUT2D eigenvalue weighted by Gasteiger charge is -2.21. The Morgan fingerprint density at radius 1 is 0.839 bits per heavy atom. The van der Waals surface area contributed by atoms with E-state index in [9.17, 15) is 17.6 Å². The lowest BCUT2D eigenvalue weighted by Crippen LogP contribution is -2.17. The van der Waals surface area contributed by atoms with Gasteiger partial charge in [-0.25, -0.2) is 4.39 Å². The van der Waals surface area contributed by atoms with Crippen molar-refractivity contribution in [2.75, 3.05) is 0 Å². The summed E-state index contributed by atoms with van der Waals surface area (Å²) in [4.78, 5) is 0. The molecule has 0 N–H and O–H groups in total. The van der Waals surface area contributed by atoms with Gasteiger partial charge in [-0.15, -0.1) is 13.2 Å². The molecular weight excluding hydrogens is 408 g/mol. The van der Waals surface area contributed by atoms with E-state index in [0.717, 1.165) is 11.1 Å². The fourth-order valence-electron chi connectivity index (χ4n) is 3.04. The molecule has 0 aromatic heterocycles. The number of ether oxygens (including phenoxy) is 2. The van der Waals surface area contributed by atoms with Gasteiger partial charge in [-0.3, -0.25) is 0 Å². The SMILES string of the molecule is CC(C)(C=CCc1ccc(F)c(Oc2ccccc2)c1)c1ccc(OC(F)(F)F)cc1. The Morgan fingerprint density at radius 2 is 1.52 bits per heavy atom. The fourth-order valence-corrected chi connectivity index (χ4v) is 3.04. The quantitative estimate of drug-likeness (QED) is 0.284. The molecule has 31 heavy (non-hydrogen) atoms. The summed E-state index contributed by atoms with van der Waals surface area (Å²) in [5.74, 6) is -0.00356. The molecule has 0 unspecified atom stereocenters. The third-order valence-corrected chi connectivity index (χ3v) is 4.69. The minimum absolute atomic E-state index is 0.150. The van der Waals surface area contributed by atoms with E-state index >= 15 is 0 Å². The van der Waals surface area contributed by atoms with Crippen LogP contribution in [-0.4, -0.2) is 6.36 Å². The molecule has 2 nitrogen and oxygen atoms in total. The highest BCUT2D eigenvalue weighted by molar-refractivity contribution is 5.37. The number of hydrogen-bond donors (Lipinski definition) is 0. The number of rotatable bonds is 7. The van der Waals surface area contributed by atoms with Crippen molar-refractivity contribution >= 4 is 0 Å². The summed E-state index contributed by atoms with van der Waals surface area (Å²) in [7, 11) is 0. The minimum atomic E-state index is -4.71. The molecule has 3 aromatic rings. The van der Waals surface area contributed by atoms with Gasteiger partial charge in [0.15, 0.2) is 11.6 Å². The maximum atomic E-state index is 14.1. The zero-order valence-electron chi connectivity index (χ0n) is 17.1. The molecule has 6 heteroatoms. The van der Waals surface area contributed by atoms with E-state index in [4.69, 9.17) is 4.74 Å². The number of halogens is 4. The molecule has 3 rings (SSSR count). The zero-order chi connectivity index (χ0) is 22.5. The Kier molecular flexibility index (Phi) is 6.68. The standard InChI is InChI=1S/C25H22F4O2/c1-24(2,19-11-13-21(14-12-19)31-25(27,28)29)16-6-7-18-10-15-22(26)23(17-18)30-20-8-4-3-5-9-20/h3-6,8-17H,7H2,1-2H3. The van der Waals surface area contributed by atoms with E-state index in [1.165, 1.54) is 18.2 Å². The number of allylic oxidation sites excluding steroid dienone is 2. The molecule has 162 valence electrons. The first-order valence-electron chi connectivity index (χ1n) is 9.68. The molecule has 0 saturated heterocycles. The summed E-state index contributed by atoms with van der Waals surface area (Å²) in [6.07, 6.45) is -0.257. The molecule has 0 aliphatic heterocycles.